The Bertz CT molecular complexity index is 749. The molecule has 5 atom stereocenters. The van der Waals surface area contributed by atoms with Gasteiger partial charge in [-0.05, 0) is 75.3 Å². The third-order valence-corrected chi connectivity index (χ3v) is 7.29. The zero-order valence-corrected chi connectivity index (χ0v) is 20.3. The highest BCUT2D eigenvalue weighted by atomic mass is 16.5. The van der Waals surface area contributed by atoms with Gasteiger partial charge in [-0.1, -0.05) is 50.8 Å². The molecule has 0 saturated carbocycles. The van der Waals surface area contributed by atoms with Crippen LogP contribution in [0, 0.1) is 11.8 Å². The number of phenolic OH excluding ortho intramolecular Hbond substituents is 1. The van der Waals surface area contributed by atoms with Gasteiger partial charge in [0.1, 0.15) is 5.75 Å². The van der Waals surface area contributed by atoms with Gasteiger partial charge in [-0.3, -0.25) is 4.79 Å². The monoisotopic (exact) mass is 457 g/mol. The van der Waals surface area contributed by atoms with Gasteiger partial charge in [0, 0.05) is 18.2 Å². The number of phenols is 1. The van der Waals surface area contributed by atoms with Gasteiger partial charge >= 0.3 is 0 Å². The van der Waals surface area contributed by atoms with Crippen LogP contribution in [0.1, 0.15) is 90.4 Å². The van der Waals surface area contributed by atoms with Crippen LogP contribution in [0.15, 0.2) is 36.4 Å². The first-order valence-electron chi connectivity index (χ1n) is 13.1. The molecule has 2 aliphatic heterocycles. The van der Waals surface area contributed by atoms with Crippen molar-refractivity contribution in [2.45, 2.75) is 109 Å². The number of anilines is 1. The normalized spacial score (nSPS) is 25.0. The van der Waals surface area contributed by atoms with E-state index >= 15 is 0 Å². The van der Waals surface area contributed by atoms with Gasteiger partial charge in [0.05, 0.1) is 18.3 Å². The van der Waals surface area contributed by atoms with Crippen LogP contribution in [-0.2, 0) is 9.53 Å². The highest BCUT2D eigenvalue weighted by molar-refractivity contribution is 5.90. The van der Waals surface area contributed by atoms with Gasteiger partial charge in [0.15, 0.2) is 0 Å². The van der Waals surface area contributed by atoms with Gasteiger partial charge in [0.2, 0.25) is 5.91 Å². The first kappa shape index (κ1) is 25.8. The molecule has 33 heavy (non-hydrogen) atoms. The highest BCUT2D eigenvalue weighted by Crippen LogP contribution is 2.47. The summed E-state index contributed by atoms with van der Waals surface area (Å²) in [6.45, 7) is 2.22. The lowest BCUT2D eigenvalue weighted by Crippen LogP contribution is -2.27. The molecule has 2 aliphatic rings. The number of nitrogens with one attached hydrogen (secondary N) is 1. The number of aromatic hydroxyl groups is 1. The number of ether oxygens (including phenoxy) is 1. The topological polar surface area (TPSA) is 78.8 Å². The summed E-state index contributed by atoms with van der Waals surface area (Å²) < 4.78 is 6.23. The zero-order valence-electron chi connectivity index (χ0n) is 20.3. The van der Waals surface area contributed by atoms with Crippen molar-refractivity contribution in [3.8, 4) is 5.75 Å². The lowest BCUT2D eigenvalue weighted by atomic mass is 9.75. The number of aliphatic hydroxyl groups excluding tert-OH is 1. The third kappa shape index (κ3) is 8.46. The Kier molecular flexibility index (Phi) is 10.7. The average Bonchev–Trinajstić information content (AvgIpc) is 3.39. The lowest BCUT2D eigenvalue weighted by Gasteiger charge is -2.28. The number of amides is 1. The Morgan fingerprint density at radius 1 is 1.12 bits per heavy atom. The summed E-state index contributed by atoms with van der Waals surface area (Å²) in [5, 5.41) is 22.7. The summed E-state index contributed by atoms with van der Waals surface area (Å²) in [6, 6.07) is 6.63. The van der Waals surface area contributed by atoms with Gasteiger partial charge in [-0.25, -0.2) is 0 Å². The summed E-state index contributed by atoms with van der Waals surface area (Å²) in [7, 11) is 0. The number of carbonyl (C=O) groups excluding carboxylic acids is 1. The van der Waals surface area contributed by atoms with E-state index in [1.807, 2.05) is 0 Å². The van der Waals surface area contributed by atoms with Crippen molar-refractivity contribution < 1.29 is 19.7 Å². The van der Waals surface area contributed by atoms with Crippen LogP contribution < -0.4 is 5.32 Å². The minimum atomic E-state index is -0.164. The first-order valence-corrected chi connectivity index (χ1v) is 13.1. The van der Waals surface area contributed by atoms with Crippen LogP contribution >= 0.6 is 0 Å². The van der Waals surface area contributed by atoms with Crippen LogP contribution in [-0.4, -0.2) is 34.4 Å². The molecule has 1 unspecified atom stereocenters. The predicted molar refractivity (Wildman–Crippen MR) is 133 cm³/mol. The SMILES string of the molecule is CCCCCCC(O)CC[C@@H]1[C@H](C/C=C\CCCC(=O)Nc2cccc(O)c2)[C@@H]2CC[C@H]1O2. The summed E-state index contributed by atoms with van der Waals surface area (Å²) in [6.07, 6.45) is 18.4. The molecule has 2 saturated heterocycles. The molecule has 3 N–H and O–H groups in total. The lowest BCUT2D eigenvalue weighted by molar-refractivity contribution is -0.116. The van der Waals surface area contributed by atoms with E-state index in [0.717, 1.165) is 44.9 Å². The molecular weight excluding hydrogens is 414 g/mol. The zero-order chi connectivity index (χ0) is 23.5. The summed E-state index contributed by atoms with van der Waals surface area (Å²) in [4.78, 5) is 12.1. The molecule has 0 spiro atoms. The van der Waals surface area contributed by atoms with Gasteiger partial charge in [-0.2, -0.15) is 0 Å². The standard InChI is InChI=1S/C28H43NO4/c1-2-3-4-7-12-22(30)16-17-25-24(26-18-19-27(25)33-26)14-8-5-6-9-15-28(32)29-21-11-10-13-23(31)20-21/h5,8,10-11,13,20,22,24-27,30-31H,2-4,6-7,9,12,14-19H2,1H3,(H,29,32)/b8-5-/t22?,24-,25+,26-,27+/m0/s1. The molecule has 2 fully saturated rings. The molecular formula is C28H43NO4. The van der Waals surface area contributed by atoms with Crippen molar-refractivity contribution in [1.29, 1.82) is 0 Å². The largest absolute Gasteiger partial charge is 0.508 e. The number of carbonyl (C=O) groups is 1. The average molecular weight is 458 g/mol. The van der Waals surface area contributed by atoms with Crippen molar-refractivity contribution in [3.05, 3.63) is 36.4 Å². The molecule has 0 aliphatic carbocycles. The number of benzene rings is 1. The fourth-order valence-electron chi connectivity index (χ4n) is 5.49. The number of hydrogen-bond donors (Lipinski definition) is 3. The first-order chi connectivity index (χ1) is 16.1. The minimum Gasteiger partial charge on any atom is -0.508 e. The Morgan fingerprint density at radius 3 is 2.73 bits per heavy atom. The van der Waals surface area contributed by atoms with Crippen molar-refractivity contribution >= 4 is 11.6 Å². The quantitative estimate of drug-likeness (QED) is 0.212. The summed E-state index contributed by atoms with van der Waals surface area (Å²) >= 11 is 0. The van der Waals surface area contributed by atoms with E-state index in [2.05, 4.69) is 24.4 Å². The number of unbranched alkanes of at least 4 members (excludes halogenated alkanes) is 4. The molecule has 3 rings (SSSR count). The molecule has 5 nitrogen and oxygen atoms in total. The van der Waals surface area contributed by atoms with E-state index < -0.39 is 0 Å². The van der Waals surface area contributed by atoms with Gasteiger partial charge in [-0.15, -0.1) is 0 Å². The number of fused-ring (bicyclic) bond motifs is 2. The highest BCUT2D eigenvalue weighted by Gasteiger charge is 2.47. The second kappa shape index (κ2) is 13.8. The van der Waals surface area contributed by atoms with Crippen LogP contribution in [0.2, 0.25) is 0 Å². The third-order valence-electron chi connectivity index (χ3n) is 7.29. The Balaban J connectivity index is 1.32. The molecule has 1 aromatic rings. The van der Waals surface area contributed by atoms with Crippen LogP contribution in [0.25, 0.3) is 0 Å². The number of allylic oxidation sites excluding steroid dienone is 2. The molecule has 0 aromatic heterocycles. The Morgan fingerprint density at radius 2 is 1.94 bits per heavy atom. The molecule has 0 radical (unpaired) electrons. The van der Waals surface area contributed by atoms with Gasteiger partial charge in [0.25, 0.3) is 0 Å². The maximum atomic E-state index is 12.1. The Hall–Kier alpha value is -1.85. The van der Waals surface area contributed by atoms with E-state index in [1.54, 1.807) is 24.3 Å². The fourth-order valence-corrected chi connectivity index (χ4v) is 5.49. The fraction of sp³-hybridized carbons (Fsp3) is 0.679. The maximum Gasteiger partial charge on any atom is 0.224 e. The van der Waals surface area contributed by atoms with E-state index in [9.17, 15) is 15.0 Å². The molecule has 1 amide bonds. The Labute approximate surface area is 199 Å². The summed E-state index contributed by atoms with van der Waals surface area (Å²) in [5.41, 5.74) is 0.629. The molecule has 2 bridgehead atoms. The maximum absolute atomic E-state index is 12.1. The second-order valence-electron chi connectivity index (χ2n) is 9.90. The smallest absolute Gasteiger partial charge is 0.224 e. The van der Waals surface area contributed by atoms with Crippen molar-refractivity contribution in [2.24, 2.45) is 11.8 Å². The van der Waals surface area contributed by atoms with Crippen LogP contribution in [0.5, 0.6) is 5.75 Å². The van der Waals surface area contributed by atoms with Crippen molar-refractivity contribution in [2.75, 3.05) is 5.32 Å². The molecule has 2 heterocycles. The van der Waals surface area contributed by atoms with Gasteiger partial charge < -0.3 is 20.3 Å². The minimum absolute atomic E-state index is 0.0242. The van der Waals surface area contributed by atoms with E-state index in [4.69, 9.17) is 4.74 Å². The second-order valence-corrected chi connectivity index (χ2v) is 9.90. The predicted octanol–water partition coefficient (Wildman–Crippen LogP) is 6.35. The van der Waals surface area contributed by atoms with Crippen LogP contribution in [0.4, 0.5) is 5.69 Å². The van der Waals surface area contributed by atoms with Crippen LogP contribution in [0.3, 0.4) is 0 Å². The number of hydrogen-bond acceptors (Lipinski definition) is 4. The van der Waals surface area contributed by atoms with E-state index in [-0.39, 0.29) is 17.8 Å². The van der Waals surface area contributed by atoms with E-state index in [0.29, 0.717) is 36.2 Å². The van der Waals surface area contributed by atoms with E-state index in [1.165, 1.54) is 32.1 Å². The number of rotatable bonds is 15. The molecule has 184 valence electrons. The number of aliphatic hydroxyl groups is 1. The molecule has 1 aromatic carbocycles. The van der Waals surface area contributed by atoms with Crippen molar-refractivity contribution in [1.82, 2.24) is 0 Å². The molecule has 5 heteroatoms. The summed E-state index contributed by atoms with van der Waals surface area (Å²) in [5.74, 6) is 1.28. The van der Waals surface area contributed by atoms with Crippen molar-refractivity contribution in [3.63, 3.8) is 0 Å².